The molecule has 106 valence electrons. The van der Waals surface area contributed by atoms with Crippen LogP contribution in [-0.2, 0) is 12.7 Å². The van der Waals surface area contributed by atoms with Crippen LogP contribution in [-0.4, -0.2) is 0 Å². The molecular formula is C14H10ClF4N. The van der Waals surface area contributed by atoms with Crippen molar-refractivity contribution in [2.45, 2.75) is 12.7 Å². The van der Waals surface area contributed by atoms with E-state index in [9.17, 15) is 17.6 Å². The molecule has 2 aromatic rings. The van der Waals surface area contributed by atoms with Gasteiger partial charge in [0.1, 0.15) is 5.82 Å². The Morgan fingerprint density at radius 2 is 1.75 bits per heavy atom. The molecule has 1 nitrogen and oxygen atoms in total. The summed E-state index contributed by atoms with van der Waals surface area (Å²) >= 11 is 5.73. The Labute approximate surface area is 118 Å². The second kappa shape index (κ2) is 5.71. The van der Waals surface area contributed by atoms with Crippen LogP contribution in [0.4, 0.5) is 23.2 Å². The number of hydrogen-bond acceptors (Lipinski definition) is 1. The topological polar surface area (TPSA) is 12.0 Å². The van der Waals surface area contributed by atoms with Crippen LogP contribution in [0.1, 0.15) is 11.1 Å². The molecule has 0 bridgehead atoms. The third kappa shape index (κ3) is 3.42. The molecule has 0 amide bonds. The van der Waals surface area contributed by atoms with E-state index >= 15 is 0 Å². The minimum Gasteiger partial charge on any atom is -0.380 e. The fourth-order valence-corrected chi connectivity index (χ4v) is 1.95. The standard InChI is InChI=1S/C14H10ClF4N/c15-10-5-6-12(16)9(7-10)8-20-13-4-2-1-3-11(13)14(17,18)19/h1-7,20H,8H2. The number of nitrogens with one attached hydrogen (secondary N) is 1. The zero-order chi connectivity index (χ0) is 14.8. The lowest BCUT2D eigenvalue weighted by atomic mass is 10.1. The van der Waals surface area contributed by atoms with Crippen molar-refractivity contribution >= 4 is 17.3 Å². The van der Waals surface area contributed by atoms with Gasteiger partial charge in [0.2, 0.25) is 0 Å². The number of para-hydroxylation sites is 1. The predicted octanol–water partition coefficient (Wildman–Crippen LogP) is 5.11. The Hall–Kier alpha value is -1.75. The summed E-state index contributed by atoms with van der Waals surface area (Å²) in [4.78, 5) is 0. The van der Waals surface area contributed by atoms with Crippen molar-refractivity contribution < 1.29 is 17.6 Å². The van der Waals surface area contributed by atoms with Crippen LogP contribution in [0.15, 0.2) is 42.5 Å². The Kier molecular flexibility index (Phi) is 4.18. The molecule has 0 saturated heterocycles. The van der Waals surface area contributed by atoms with E-state index in [1.165, 1.54) is 36.4 Å². The fourth-order valence-electron chi connectivity index (χ4n) is 1.75. The van der Waals surface area contributed by atoms with Crippen LogP contribution < -0.4 is 5.32 Å². The highest BCUT2D eigenvalue weighted by molar-refractivity contribution is 6.30. The average molecular weight is 304 g/mol. The van der Waals surface area contributed by atoms with E-state index in [1.54, 1.807) is 0 Å². The molecule has 20 heavy (non-hydrogen) atoms. The maximum atomic E-state index is 13.5. The molecule has 0 unspecified atom stereocenters. The summed E-state index contributed by atoms with van der Waals surface area (Å²) in [7, 11) is 0. The molecule has 1 N–H and O–H groups in total. The Balaban J connectivity index is 2.21. The number of benzene rings is 2. The van der Waals surface area contributed by atoms with E-state index in [4.69, 9.17) is 11.6 Å². The molecule has 0 aliphatic heterocycles. The molecular weight excluding hydrogens is 294 g/mol. The second-order valence-electron chi connectivity index (χ2n) is 4.13. The van der Waals surface area contributed by atoms with Crippen molar-refractivity contribution in [1.82, 2.24) is 0 Å². The van der Waals surface area contributed by atoms with Gasteiger partial charge in [-0.25, -0.2) is 4.39 Å². The number of rotatable bonds is 3. The zero-order valence-corrected chi connectivity index (χ0v) is 10.9. The van der Waals surface area contributed by atoms with Crippen LogP contribution in [0.5, 0.6) is 0 Å². The SMILES string of the molecule is Fc1ccc(Cl)cc1CNc1ccccc1C(F)(F)F. The first-order chi connectivity index (χ1) is 9.38. The lowest BCUT2D eigenvalue weighted by molar-refractivity contribution is -0.136. The summed E-state index contributed by atoms with van der Waals surface area (Å²) in [6.45, 7) is -0.0838. The minimum atomic E-state index is -4.46. The number of alkyl halides is 3. The van der Waals surface area contributed by atoms with Crippen LogP contribution in [0, 0.1) is 5.82 Å². The van der Waals surface area contributed by atoms with Gasteiger partial charge < -0.3 is 5.32 Å². The maximum absolute atomic E-state index is 13.5. The van der Waals surface area contributed by atoms with Crippen molar-refractivity contribution in [1.29, 1.82) is 0 Å². The van der Waals surface area contributed by atoms with Crippen molar-refractivity contribution in [3.05, 3.63) is 64.4 Å². The van der Waals surface area contributed by atoms with Gasteiger partial charge in [-0.2, -0.15) is 13.2 Å². The largest absolute Gasteiger partial charge is 0.418 e. The summed E-state index contributed by atoms with van der Waals surface area (Å²) in [6, 6.07) is 8.97. The molecule has 6 heteroatoms. The molecule has 0 radical (unpaired) electrons. The third-order valence-electron chi connectivity index (χ3n) is 2.71. The maximum Gasteiger partial charge on any atom is 0.418 e. The van der Waals surface area contributed by atoms with Crippen LogP contribution >= 0.6 is 11.6 Å². The third-order valence-corrected chi connectivity index (χ3v) is 2.94. The van der Waals surface area contributed by atoms with Crippen molar-refractivity contribution in [2.75, 3.05) is 5.32 Å². The first-order valence-electron chi connectivity index (χ1n) is 5.72. The molecule has 0 heterocycles. The van der Waals surface area contributed by atoms with Gasteiger partial charge in [-0.05, 0) is 30.3 Å². The molecule has 0 atom stereocenters. The zero-order valence-electron chi connectivity index (χ0n) is 10.1. The van der Waals surface area contributed by atoms with Gasteiger partial charge in [-0.3, -0.25) is 0 Å². The Morgan fingerprint density at radius 3 is 2.45 bits per heavy atom. The van der Waals surface area contributed by atoms with E-state index in [0.717, 1.165) is 6.07 Å². The lowest BCUT2D eigenvalue weighted by Crippen LogP contribution is -2.11. The highest BCUT2D eigenvalue weighted by atomic mass is 35.5. The second-order valence-corrected chi connectivity index (χ2v) is 4.57. The molecule has 0 spiro atoms. The molecule has 0 aromatic heterocycles. The molecule has 0 fully saturated rings. The first-order valence-corrected chi connectivity index (χ1v) is 6.10. The number of anilines is 1. The number of halogens is 5. The van der Waals surface area contributed by atoms with Gasteiger partial charge >= 0.3 is 6.18 Å². The molecule has 0 aliphatic rings. The minimum absolute atomic E-state index is 0.0838. The van der Waals surface area contributed by atoms with Crippen LogP contribution in [0.3, 0.4) is 0 Å². The van der Waals surface area contributed by atoms with Gasteiger partial charge in [0.15, 0.2) is 0 Å². The van der Waals surface area contributed by atoms with E-state index < -0.39 is 17.6 Å². The monoisotopic (exact) mass is 303 g/mol. The average Bonchev–Trinajstić information content (AvgIpc) is 2.39. The fraction of sp³-hybridized carbons (Fsp3) is 0.143. The lowest BCUT2D eigenvalue weighted by Gasteiger charge is -2.14. The normalized spacial score (nSPS) is 11.4. The molecule has 2 rings (SSSR count). The smallest absolute Gasteiger partial charge is 0.380 e. The summed E-state index contributed by atoms with van der Waals surface area (Å²) < 4.78 is 51.8. The van der Waals surface area contributed by atoms with Crippen molar-refractivity contribution in [2.24, 2.45) is 0 Å². The Morgan fingerprint density at radius 1 is 1.05 bits per heavy atom. The highest BCUT2D eigenvalue weighted by Crippen LogP contribution is 2.34. The van der Waals surface area contributed by atoms with Crippen molar-refractivity contribution in [3.8, 4) is 0 Å². The molecule has 0 aliphatic carbocycles. The van der Waals surface area contributed by atoms with Gasteiger partial charge in [0, 0.05) is 22.8 Å². The summed E-state index contributed by atoms with van der Waals surface area (Å²) in [5.41, 5.74) is -0.684. The Bertz CT molecular complexity index is 610. The van der Waals surface area contributed by atoms with Gasteiger partial charge in [-0.1, -0.05) is 23.7 Å². The molecule has 2 aromatic carbocycles. The van der Waals surface area contributed by atoms with Crippen LogP contribution in [0.2, 0.25) is 5.02 Å². The van der Waals surface area contributed by atoms with Gasteiger partial charge in [0.25, 0.3) is 0 Å². The summed E-state index contributed by atoms with van der Waals surface area (Å²) in [6.07, 6.45) is -4.46. The summed E-state index contributed by atoms with van der Waals surface area (Å²) in [5.74, 6) is -0.522. The number of hydrogen-bond donors (Lipinski definition) is 1. The quantitative estimate of drug-likeness (QED) is 0.777. The van der Waals surface area contributed by atoms with Gasteiger partial charge in [-0.15, -0.1) is 0 Å². The van der Waals surface area contributed by atoms with E-state index in [-0.39, 0.29) is 17.8 Å². The van der Waals surface area contributed by atoms with Crippen molar-refractivity contribution in [3.63, 3.8) is 0 Å². The van der Waals surface area contributed by atoms with E-state index in [2.05, 4.69) is 5.32 Å². The highest BCUT2D eigenvalue weighted by Gasteiger charge is 2.33. The van der Waals surface area contributed by atoms with Crippen LogP contribution in [0.25, 0.3) is 0 Å². The molecule has 0 saturated carbocycles. The first kappa shape index (κ1) is 14.7. The summed E-state index contributed by atoms with van der Waals surface area (Å²) in [5, 5.41) is 2.91. The van der Waals surface area contributed by atoms with E-state index in [0.29, 0.717) is 5.02 Å². The van der Waals surface area contributed by atoms with Gasteiger partial charge in [0.05, 0.1) is 5.56 Å². The van der Waals surface area contributed by atoms with E-state index in [1.807, 2.05) is 0 Å². The predicted molar refractivity (Wildman–Crippen MR) is 70.2 cm³/mol.